The highest BCUT2D eigenvalue weighted by atomic mass is 16.5. The third kappa shape index (κ3) is 2.99. The quantitative estimate of drug-likeness (QED) is 0.908. The summed E-state index contributed by atoms with van der Waals surface area (Å²) in [4.78, 5) is 10.5. The highest BCUT2D eigenvalue weighted by molar-refractivity contribution is 5.73. The molecule has 0 fully saturated rings. The standard InChI is InChI=1S/C15H18N4O2/c1-2-19(8-12-9-20-15(16)18-12)13-5-3-4-11(6-13)14-7-17-10-21-14/h3-7,10,12H,2,8-9H2,1H3,(H2,16,18)/t12-/m0/s1. The third-order valence-electron chi connectivity index (χ3n) is 3.47. The molecule has 2 aromatic rings. The van der Waals surface area contributed by atoms with E-state index in [1.165, 1.54) is 6.39 Å². The van der Waals surface area contributed by atoms with Gasteiger partial charge in [-0.15, -0.1) is 0 Å². The van der Waals surface area contributed by atoms with Gasteiger partial charge in [0.2, 0.25) is 0 Å². The summed E-state index contributed by atoms with van der Waals surface area (Å²) in [5.74, 6) is 0.763. The van der Waals surface area contributed by atoms with Crippen LogP contribution in [-0.2, 0) is 4.74 Å². The van der Waals surface area contributed by atoms with Gasteiger partial charge in [-0.2, -0.15) is 0 Å². The van der Waals surface area contributed by atoms with Crippen LogP contribution in [0.5, 0.6) is 0 Å². The summed E-state index contributed by atoms with van der Waals surface area (Å²) in [6.07, 6.45) is 3.15. The van der Waals surface area contributed by atoms with Gasteiger partial charge in [0, 0.05) is 24.3 Å². The molecule has 0 amide bonds. The molecule has 2 N–H and O–H groups in total. The molecule has 0 spiro atoms. The zero-order valence-corrected chi connectivity index (χ0v) is 11.9. The molecule has 1 aliphatic rings. The lowest BCUT2D eigenvalue weighted by Gasteiger charge is -2.25. The molecule has 1 aliphatic heterocycles. The number of nitrogens with two attached hydrogens (primary N) is 1. The van der Waals surface area contributed by atoms with Gasteiger partial charge in [0.25, 0.3) is 6.02 Å². The van der Waals surface area contributed by atoms with Crippen molar-refractivity contribution in [3.05, 3.63) is 36.9 Å². The molecule has 0 aliphatic carbocycles. The fraction of sp³-hybridized carbons (Fsp3) is 0.333. The van der Waals surface area contributed by atoms with E-state index in [1.807, 2.05) is 12.1 Å². The predicted octanol–water partition coefficient (Wildman–Crippen LogP) is 1.88. The number of oxazole rings is 1. The van der Waals surface area contributed by atoms with Crippen LogP contribution in [0.3, 0.4) is 0 Å². The molecule has 1 aromatic carbocycles. The minimum absolute atomic E-state index is 0.0823. The Hall–Kier alpha value is -2.50. The van der Waals surface area contributed by atoms with Gasteiger partial charge in [0.1, 0.15) is 12.6 Å². The van der Waals surface area contributed by atoms with Crippen LogP contribution in [-0.4, -0.2) is 36.7 Å². The molecule has 3 rings (SSSR count). The molecule has 1 atom stereocenters. The Balaban J connectivity index is 1.79. The predicted molar refractivity (Wildman–Crippen MR) is 81.2 cm³/mol. The van der Waals surface area contributed by atoms with Gasteiger partial charge >= 0.3 is 0 Å². The maximum atomic E-state index is 5.56. The molecule has 0 saturated carbocycles. The van der Waals surface area contributed by atoms with E-state index in [1.54, 1.807) is 6.20 Å². The minimum atomic E-state index is 0.0823. The third-order valence-corrected chi connectivity index (χ3v) is 3.47. The van der Waals surface area contributed by atoms with Crippen molar-refractivity contribution in [2.45, 2.75) is 13.0 Å². The van der Waals surface area contributed by atoms with Gasteiger partial charge < -0.3 is 19.8 Å². The summed E-state index contributed by atoms with van der Waals surface area (Å²) >= 11 is 0. The minimum Gasteiger partial charge on any atom is -0.463 e. The molecule has 21 heavy (non-hydrogen) atoms. The number of hydrogen-bond donors (Lipinski definition) is 1. The molecular weight excluding hydrogens is 268 g/mol. The largest absolute Gasteiger partial charge is 0.463 e. The second kappa shape index (κ2) is 5.87. The summed E-state index contributed by atoms with van der Waals surface area (Å²) < 4.78 is 10.6. The Kier molecular flexibility index (Phi) is 3.77. The van der Waals surface area contributed by atoms with Crippen LogP contribution in [0.2, 0.25) is 0 Å². The molecule has 0 saturated heterocycles. The van der Waals surface area contributed by atoms with Crippen LogP contribution in [0.25, 0.3) is 11.3 Å². The molecule has 6 nitrogen and oxygen atoms in total. The number of amidine groups is 1. The lowest BCUT2D eigenvalue weighted by Crippen LogP contribution is -2.32. The molecule has 0 bridgehead atoms. The van der Waals surface area contributed by atoms with Gasteiger partial charge in [0.15, 0.2) is 12.2 Å². The lowest BCUT2D eigenvalue weighted by atomic mass is 10.1. The number of rotatable bonds is 5. The van der Waals surface area contributed by atoms with Gasteiger partial charge in [-0.1, -0.05) is 12.1 Å². The summed E-state index contributed by atoms with van der Waals surface area (Å²) in [6.45, 7) is 4.32. The van der Waals surface area contributed by atoms with Crippen LogP contribution in [0.1, 0.15) is 6.92 Å². The highest BCUT2D eigenvalue weighted by Gasteiger charge is 2.20. The molecule has 1 aromatic heterocycles. The Bertz CT molecular complexity index is 624. The van der Waals surface area contributed by atoms with E-state index >= 15 is 0 Å². The zero-order valence-electron chi connectivity index (χ0n) is 11.9. The zero-order chi connectivity index (χ0) is 14.7. The van der Waals surface area contributed by atoms with Gasteiger partial charge in [-0.25, -0.2) is 9.98 Å². The van der Waals surface area contributed by atoms with E-state index in [0.717, 1.165) is 30.1 Å². The number of aromatic nitrogens is 1. The Morgan fingerprint density at radius 3 is 3.00 bits per heavy atom. The van der Waals surface area contributed by atoms with E-state index in [9.17, 15) is 0 Å². The number of aliphatic imine (C=N–C) groups is 1. The van der Waals surface area contributed by atoms with Crippen LogP contribution >= 0.6 is 0 Å². The Morgan fingerprint density at radius 2 is 2.33 bits per heavy atom. The fourth-order valence-electron chi connectivity index (χ4n) is 2.42. The SMILES string of the molecule is CCN(C[C@H]1COC(N)=N1)c1cccc(-c2cnco2)c1. The number of hydrogen-bond acceptors (Lipinski definition) is 6. The summed E-state index contributed by atoms with van der Waals surface area (Å²) in [5, 5.41) is 0. The van der Waals surface area contributed by atoms with Crippen molar-refractivity contribution in [3.63, 3.8) is 0 Å². The number of anilines is 1. The van der Waals surface area contributed by atoms with Gasteiger partial charge in [-0.3, -0.25) is 0 Å². The lowest BCUT2D eigenvalue weighted by molar-refractivity contribution is 0.313. The molecule has 0 radical (unpaired) electrons. The van der Waals surface area contributed by atoms with Crippen molar-refractivity contribution < 1.29 is 9.15 Å². The first-order valence-corrected chi connectivity index (χ1v) is 6.96. The average molecular weight is 286 g/mol. The van der Waals surface area contributed by atoms with Crippen LogP contribution in [0, 0.1) is 0 Å². The van der Waals surface area contributed by atoms with Crippen LogP contribution in [0.4, 0.5) is 5.69 Å². The normalized spacial score (nSPS) is 17.4. The second-order valence-corrected chi connectivity index (χ2v) is 4.89. The second-order valence-electron chi connectivity index (χ2n) is 4.89. The number of benzene rings is 1. The van der Waals surface area contributed by atoms with E-state index in [-0.39, 0.29) is 12.1 Å². The average Bonchev–Trinajstić information content (AvgIpc) is 3.16. The van der Waals surface area contributed by atoms with Crippen molar-refractivity contribution in [2.75, 3.05) is 24.6 Å². The first-order chi connectivity index (χ1) is 10.3. The molecule has 6 heteroatoms. The van der Waals surface area contributed by atoms with Crippen LogP contribution < -0.4 is 10.6 Å². The summed E-state index contributed by atoms with van der Waals surface area (Å²) in [7, 11) is 0. The van der Waals surface area contributed by atoms with Crippen molar-refractivity contribution >= 4 is 11.7 Å². The molecule has 2 heterocycles. The van der Waals surface area contributed by atoms with Crippen molar-refractivity contribution in [1.82, 2.24) is 4.98 Å². The number of ether oxygens (including phenoxy) is 1. The van der Waals surface area contributed by atoms with Crippen molar-refractivity contribution in [3.8, 4) is 11.3 Å². The van der Waals surface area contributed by atoms with Crippen molar-refractivity contribution in [1.29, 1.82) is 0 Å². The Morgan fingerprint density at radius 1 is 1.43 bits per heavy atom. The highest BCUT2D eigenvalue weighted by Crippen LogP contribution is 2.25. The molecular formula is C15H18N4O2. The fourth-order valence-corrected chi connectivity index (χ4v) is 2.42. The number of likely N-dealkylation sites (N-methyl/N-ethyl adjacent to an activating group) is 1. The first kappa shape index (κ1) is 13.5. The first-order valence-electron chi connectivity index (χ1n) is 6.96. The van der Waals surface area contributed by atoms with E-state index in [0.29, 0.717) is 6.61 Å². The van der Waals surface area contributed by atoms with Gasteiger partial charge in [0.05, 0.1) is 6.20 Å². The maximum Gasteiger partial charge on any atom is 0.282 e. The van der Waals surface area contributed by atoms with Gasteiger partial charge in [-0.05, 0) is 19.1 Å². The van der Waals surface area contributed by atoms with E-state index < -0.39 is 0 Å². The summed E-state index contributed by atoms with van der Waals surface area (Å²) in [6, 6.07) is 8.55. The summed E-state index contributed by atoms with van der Waals surface area (Å²) in [5.41, 5.74) is 7.69. The number of nitrogens with zero attached hydrogens (tertiary/aromatic N) is 3. The molecule has 0 unspecified atom stereocenters. The topological polar surface area (TPSA) is 76.9 Å². The Labute approximate surface area is 123 Å². The smallest absolute Gasteiger partial charge is 0.282 e. The maximum absolute atomic E-state index is 5.56. The van der Waals surface area contributed by atoms with E-state index in [4.69, 9.17) is 14.9 Å². The monoisotopic (exact) mass is 286 g/mol. The molecule has 110 valence electrons. The van der Waals surface area contributed by atoms with E-state index in [2.05, 4.69) is 33.9 Å². The van der Waals surface area contributed by atoms with Crippen LogP contribution in [0.15, 0.2) is 46.3 Å². The van der Waals surface area contributed by atoms with Crippen molar-refractivity contribution in [2.24, 2.45) is 10.7 Å².